The highest BCUT2D eigenvalue weighted by molar-refractivity contribution is 5.69. The summed E-state index contributed by atoms with van der Waals surface area (Å²) in [6, 6.07) is 8.37. The number of nitrogens with zero attached hydrogens (tertiary/aromatic N) is 3. The number of imidazole rings is 1. The number of amides is 1. The van der Waals surface area contributed by atoms with Gasteiger partial charge in [0.05, 0.1) is 30.4 Å². The maximum absolute atomic E-state index is 11.0. The minimum atomic E-state index is -0.894. The van der Waals surface area contributed by atoms with E-state index in [-0.39, 0.29) is 17.4 Å². The minimum Gasteiger partial charge on any atom is -0.465 e. The predicted molar refractivity (Wildman–Crippen MR) is 81.9 cm³/mol. The molecule has 1 aromatic heterocycles. The van der Waals surface area contributed by atoms with Gasteiger partial charge in [-0.05, 0) is 12.0 Å². The molecule has 6 heteroatoms. The molecule has 3 aliphatic rings. The smallest absolute Gasteiger partial charge is 0.407 e. The van der Waals surface area contributed by atoms with Gasteiger partial charge in [0.2, 0.25) is 0 Å². The van der Waals surface area contributed by atoms with Crippen molar-refractivity contribution < 1.29 is 15.0 Å². The molecule has 118 valence electrons. The maximum atomic E-state index is 11.0. The first-order valence-corrected chi connectivity index (χ1v) is 7.88. The fraction of sp³-hybridized carbons (Fsp3) is 0.412. The summed E-state index contributed by atoms with van der Waals surface area (Å²) in [6.45, 7) is 0.899. The Bertz CT molecular complexity index is 809. The van der Waals surface area contributed by atoms with Gasteiger partial charge >= 0.3 is 6.09 Å². The van der Waals surface area contributed by atoms with Crippen molar-refractivity contribution in [2.45, 2.75) is 18.6 Å². The molecule has 1 amide bonds. The summed E-state index contributed by atoms with van der Waals surface area (Å²) in [7, 11) is 0. The standard InChI is InChI=1S/C17H17N3O3/c21-15-12(5-17(15)7-19(8-17)16(22)23)14-11-4-2-1-3-10(11)13-6-18-9-20(13)14/h1-4,6,9,12,14-15,21H,5,7-8H2,(H,22,23)/t12-,14+,15-/m1/s1. The fourth-order valence-electron chi connectivity index (χ4n) is 4.75. The maximum Gasteiger partial charge on any atom is 0.407 e. The lowest BCUT2D eigenvalue weighted by Crippen LogP contribution is -2.71. The van der Waals surface area contributed by atoms with Crippen LogP contribution in [0.25, 0.3) is 11.3 Å². The number of aromatic nitrogens is 2. The van der Waals surface area contributed by atoms with E-state index in [0.717, 1.165) is 12.1 Å². The number of carbonyl (C=O) groups is 1. The zero-order valence-corrected chi connectivity index (χ0v) is 12.5. The van der Waals surface area contributed by atoms with E-state index in [0.29, 0.717) is 13.1 Å². The second kappa shape index (κ2) is 4.14. The highest BCUT2D eigenvalue weighted by Crippen LogP contribution is 2.59. The number of aliphatic hydroxyl groups is 1. The second-order valence-corrected chi connectivity index (χ2v) is 7.03. The van der Waals surface area contributed by atoms with Crippen LogP contribution in [0, 0.1) is 11.3 Å². The Hall–Kier alpha value is -2.34. The number of aliphatic hydroxyl groups excluding tert-OH is 1. The molecule has 1 aromatic carbocycles. The van der Waals surface area contributed by atoms with Crippen LogP contribution in [0.15, 0.2) is 36.8 Å². The third-order valence-corrected chi connectivity index (χ3v) is 5.88. The number of fused-ring (bicyclic) bond motifs is 3. The lowest BCUT2D eigenvalue weighted by Gasteiger charge is -2.62. The predicted octanol–water partition coefficient (Wildman–Crippen LogP) is 1.81. The van der Waals surface area contributed by atoms with Gasteiger partial charge < -0.3 is 19.7 Å². The molecule has 2 aromatic rings. The molecule has 0 bridgehead atoms. The summed E-state index contributed by atoms with van der Waals surface area (Å²) in [4.78, 5) is 16.6. The van der Waals surface area contributed by atoms with Gasteiger partial charge in [0, 0.05) is 30.0 Å². The van der Waals surface area contributed by atoms with Gasteiger partial charge in [-0.3, -0.25) is 0 Å². The Balaban J connectivity index is 1.45. The number of likely N-dealkylation sites (tertiary alicyclic amines) is 1. The van der Waals surface area contributed by atoms with Crippen LogP contribution in [0.3, 0.4) is 0 Å². The molecule has 0 unspecified atom stereocenters. The molecule has 2 aliphatic heterocycles. The molecule has 1 aliphatic carbocycles. The number of benzene rings is 1. The van der Waals surface area contributed by atoms with Crippen molar-refractivity contribution in [1.82, 2.24) is 14.5 Å². The Kier molecular flexibility index (Phi) is 2.36. The fourth-order valence-corrected chi connectivity index (χ4v) is 4.75. The molecular weight excluding hydrogens is 294 g/mol. The zero-order valence-electron chi connectivity index (χ0n) is 12.5. The molecule has 1 saturated carbocycles. The second-order valence-electron chi connectivity index (χ2n) is 7.03. The molecule has 1 saturated heterocycles. The number of carboxylic acid groups (broad SMARTS) is 1. The molecule has 3 atom stereocenters. The van der Waals surface area contributed by atoms with Crippen molar-refractivity contribution in [3.8, 4) is 11.3 Å². The first-order valence-electron chi connectivity index (χ1n) is 7.88. The van der Waals surface area contributed by atoms with E-state index in [2.05, 4.69) is 21.7 Å². The molecule has 6 nitrogen and oxygen atoms in total. The highest BCUT2D eigenvalue weighted by Gasteiger charge is 2.63. The van der Waals surface area contributed by atoms with Crippen LogP contribution in [0.4, 0.5) is 4.79 Å². The van der Waals surface area contributed by atoms with Crippen LogP contribution in [0.1, 0.15) is 18.0 Å². The molecule has 23 heavy (non-hydrogen) atoms. The van der Waals surface area contributed by atoms with E-state index in [1.165, 1.54) is 16.0 Å². The average molecular weight is 311 g/mol. The molecule has 3 heterocycles. The van der Waals surface area contributed by atoms with E-state index in [9.17, 15) is 9.90 Å². The summed E-state index contributed by atoms with van der Waals surface area (Å²) in [5, 5.41) is 19.8. The van der Waals surface area contributed by atoms with Gasteiger partial charge in [0.1, 0.15) is 0 Å². The summed E-state index contributed by atoms with van der Waals surface area (Å²) >= 11 is 0. The normalized spacial score (nSPS) is 29.6. The van der Waals surface area contributed by atoms with Gasteiger partial charge in [-0.25, -0.2) is 9.78 Å². The first-order chi connectivity index (χ1) is 11.1. The Labute approximate surface area is 133 Å². The quantitative estimate of drug-likeness (QED) is 0.842. The van der Waals surface area contributed by atoms with Crippen molar-refractivity contribution in [3.63, 3.8) is 0 Å². The third kappa shape index (κ3) is 1.51. The molecule has 1 spiro atoms. The van der Waals surface area contributed by atoms with Crippen molar-refractivity contribution in [2.24, 2.45) is 11.3 Å². The average Bonchev–Trinajstić information content (AvgIpc) is 3.06. The Morgan fingerprint density at radius 3 is 2.83 bits per heavy atom. The van der Waals surface area contributed by atoms with Crippen LogP contribution in [0.5, 0.6) is 0 Å². The van der Waals surface area contributed by atoms with Crippen molar-refractivity contribution in [2.75, 3.05) is 13.1 Å². The first kappa shape index (κ1) is 13.1. The van der Waals surface area contributed by atoms with Crippen LogP contribution >= 0.6 is 0 Å². The van der Waals surface area contributed by atoms with E-state index < -0.39 is 12.2 Å². The molecule has 2 fully saturated rings. The van der Waals surface area contributed by atoms with Crippen molar-refractivity contribution >= 4 is 6.09 Å². The molecule has 5 rings (SSSR count). The lowest BCUT2D eigenvalue weighted by atomic mass is 9.53. The van der Waals surface area contributed by atoms with E-state index in [1.807, 2.05) is 24.7 Å². The van der Waals surface area contributed by atoms with E-state index in [4.69, 9.17) is 5.11 Å². The van der Waals surface area contributed by atoms with Gasteiger partial charge in [-0.2, -0.15) is 0 Å². The van der Waals surface area contributed by atoms with Crippen LogP contribution in [-0.4, -0.2) is 50.0 Å². The number of rotatable bonds is 1. The monoisotopic (exact) mass is 311 g/mol. The van der Waals surface area contributed by atoms with Gasteiger partial charge in [0.25, 0.3) is 0 Å². The Morgan fingerprint density at radius 2 is 2.09 bits per heavy atom. The van der Waals surface area contributed by atoms with Crippen molar-refractivity contribution in [1.29, 1.82) is 0 Å². The molecular formula is C17H17N3O3. The lowest BCUT2D eigenvalue weighted by molar-refractivity contribution is -0.194. The summed E-state index contributed by atoms with van der Waals surface area (Å²) in [5.74, 6) is 0.113. The number of hydrogen-bond donors (Lipinski definition) is 2. The largest absolute Gasteiger partial charge is 0.465 e. The molecule has 0 radical (unpaired) electrons. The zero-order chi connectivity index (χ0) is 15.8. The SMILES string of the molecule is O=C(O)N1CC2(C[C@H]([C@@H]3c4ccccc4-c4cncn43)[C@H]2O)C1. The van der Waals surface area contributed by atoms with Crippen LogP contribution in [-0.2, 0) is 0 Å². The van der Waals surface area contributed by atoms with E-state index in [1.54, 1.807) is 0 Å². The summed E-state index contributed by atoms with van der Waals surface area (Å²) in [5.41, 5.74) is 3.28. The minimum absolute atomic E-state index is 0.100. The van der Waals surface area contributed by atoms with Crippen LogP contribution < -0.4 is 0 Å². The van der Waals surface area contributed by atoms with Crippen LogP contribution in [0.2, 0.25) is 0 Å². The van der Waals surface area contributed by atoms with Gasteiger partial charge in [-0.15, -0.1) is 0 Å². The van der Waals surface area contributed by atoms with Gasteiger partial charge in [-0.1, -0.05) is 24.3 Å². The van der Waals surface area contributed by atoms with Crippen molar-refractivity contribution in [3.05, 3.63) is 42.4 Å². The summed E-state index contributed by atoms with van der Waals surface area (Å²) < 4.78 is 2.15. The summed E-state index contributed by atoms with van der Waals surface area (Å²) in [6.07, 6.45) is 3.20. The van der Waals surface area contributed by atoms with E-state index >= 15 is 0 Å². The highest BCUT2D eigenvalue weighted by atomic mass is 16.4. The van der Waals surface area contributed by atoms with Gasteiger partial charge in [0.15, 0.2) is 0 Å². The Morgan fingerprint density at radius 1 is 1.30 bits per heavy atom. The topological polar surface area (TPSA) is 78.6 Å². The number of hydrogen-bond acceptors (Lipinski definition) is 3. The molecule has 2 N–H and O–H groups in total. The third-order valence-electron chi connectivity index (χ3n) is 5.88.